The maximum absolute atomic E-state index is 13.1. The molecule has 222 valence electrons. The average molecular weight is 624 g/mol. The van der Waals surface area contributed by atoms with Gasteiger partial charge in [-0.3, -0.25) is 0 Å². The average Bonchev–Trinajstić information content (AvgIpc) is 3.73. The number of anilines is 1. The molecule has 0 amide bonds. The summed E-state index contributed by atoms with van der Waals surface area (Å²) in [6.45, 7) is 0. The number of nitrogens with zero attached hydrogens (tertiary/aromatic N) is 1. The van der Waals surface area contributed by atoms with Gasteiger partial charge in [-0.05, 0) is 83.9 Å². The van der Waals surface area contributed by atoms with Crippen molar-refractivity contribution >= 4 is 63.6 Å². The summed E-state index contributed by atoms with van der Waals surface area (Å²) < 4.78 is 16.9. The van der Waals surface area contributed by atoms with E-state index in [0.717, 1.165) is 31.3 Å². The van der Waals surface area contributed by atoms with E-state index in [-0.39, 0.29) is 0 Å². The number of thiophene rings is 2. The van der Waals surface area contributed by atoms with Gasteiger partial charge in [0.05, 0.1) is 19.2 Å². The Morgan fingerprint density at radius 2 is 1.41 bits per heavy atom. The summed E-state index contributed by atoms with van der Waals surface area (Å²) in [6, 6.07) is 26.2. The molecule has 0 radical (unpaired) electrons. The van der Waals surface area contributed by atoms with Crippen LogP contribution in [0.5, 0.6) is 17.2 Å². The Bertz CT molecular complexity index is 1830. The molecule has 0 saturated carbocycles. The molecule has 0 aliphatic rings. The molecule has 2 aromatic heterocycles. The normalized spacial score (nSPS) is 11.2. The molecule has 0 spiro atoms. The first kappa shape index (κ1) is 30.5. The predicted octanol–water partition coefficient (Wildman–Crippen LogP) is 7.60. The second kappa shape index (κ2) is 14.0. The van der Waals surface area contributed by atoms with Gasteiger partial charge in [0.25, 0.3) is 5.69 Å². The van der Waals surface area contributed by atoms with E-state index < -0.39 is 5.97 Å². The zero-order valence-corrected chi connectivity index (χ0v) is 26.3. The van der Waals surface area contributed by atoms with Crippen molar-refractivity contribution in [3.05, 3.63) is 116 Å². The van der Waals surface area contributed by atoms with Crippen molar-refractivity contribution < 1.29 is 24.2 Å². The monoisotopic (exact) mass is 623 g/mol. The molecular formula is C35H31N2O5S2+. The summed E-state index contributed by atoms with van der Waals surface area (Å²) in [4.78, 5) is 29.2. The Morgan fingerprint density at radius 3 is 2.09 bits per heavy atom. The first-order chi connectivity index (χ1) is 21.4. The second-order valence-corrected chi connectivity index (χ2v) is 12.1. The minimum absolute atomic E-state index is 0.326. The highest BCUT2D eigenvalue weighted by molar-refractivity contribution is 7.17. The lowest BCUT2D eigenvalue weighted by Gasteiger charge is -2.12. The minimum atomic E-state index is -0.524. The SMILES string of the molecule is COc1cc(/C=C/c2ccc(N(C)C)s2)ccc1C(=O)Oc1ccc(-c2ccc(/C=C/c3ccc([NH+]=O)cc3)s2)c(OC)c1. The molecule has 0 fully saturated rings. The third-order valence-electron chi connectivity index (χ3n) is 6.68. The fourth-order valence-corrected chi connectivity index (χ4v) is 6.13. The van der Waals surface area contributed by atoms with Gasteiger partial charge in [-0.15, -0.1) is 22.7 Å². The molecule has 0 aliphatic heterocycles. The van der Waals surface area contributed by atoms with Crippen LogP contribution < -0.4 is 24.3 Å². The van der Waals surface area contributed by atoms with Gasteiger partial charge in [0.2, 0.25) is 0 Å². The topological polar surface area (TPSA) is 79.0 Å². The number of nitrogens with one attached hydrogen (secondary N) is 1. The summed E-state index contributed by atoms with van der Waals surface area (Å²) in [5, 5.41) is 3.06. The molecule has 0 saturated heterocycles. The Morgan fingerprint density at radius 1 is 0.727 bits per heavy atom. The van der Waals surface area contributed by atoms with E-state index in [4.69, 9.17) is 14.2 Å². The van der Waals surface area contributed by atoms with Crippen molar-refractivity contribution in [1.82, 2.24) is 0 Å². The third-order valence-corrected chi connectivity index (χ3v) is 8.99. The molecule has 1 N–H and O–H groups in total. The molecule has 44 heavy (non-hydrogen) atoms. The van der Waals surface area contributed by atoms with E-state index >= 15 is 0 Å². The van der Waals surface area contributed by atoms with Crippen molar-refractivity contribution in [1.29, 1.82) is 0 Å². The molecular weight excluding hydrogens is 593 g/mol. The van der Waals surface area contributed by atoms with Crippen molar-refractivity contribution in [3.63, 3.8) is 0 Å². The number of hydrogen-bond donors (Lipinski definition) is 1. The summed E-state index contributed by atoms with van der Waals surface area (Å²) in [7, 11) is 7.16. The number of rotatable bonds is 11. The highest BCUT2D eigenvalue weighted by Crippen LogP contribution is 2.38. The molecule has 3 aromatic carbocycles. The molecule has 0 atom stereocenters. The van der Waals surface area contributed by atoms with Crippen molar-refractivity contribution in [2.45, 2.75) is 0 Å². The van der Waals surface area contributed by atoms with Gasteiger partial charge in [0.1, 0.15) is 22.8 Å². The van der Waals surface area contributed by atoms with Gasteiger partial charge in [-0.1, -0.05) is 18.2 Å². The molecule has 2 heterocycles. The largest absolute Gasteiger partial charge is 0.496 e. The predicted molar refractivity (Wildman–Crippen MR) is 181 cm³/mol. The summed E-state index contributed by atoms with van der Waals surface area (Å²) in [5.41, 5.74) is 3.63. The number of nitroso groups, excluding NO2 is 1. The zero-order chi connectivity index (χ0) is 31.1. The smallest absolute Gasteiger partial charge is 0.347 e. The Hall–Kier alpha value is -4.99. The van der Waals surface area contributed by atoms with E-state index in [1.165, 1.54) is 12.1 Å². The van der Waals surface area contributed by atoms with E-state index in [9.17, 15) is 9.70 Å². The third kappa shape index (κ3) is 7.31. The number of carbonyl (C=O) groups excluding carboxylic acids is 1. The van der Waals surface area contributed by atoms with Crippen molar-refractivity contribution in [3.8, 4) is 27.7 Å². The van der Waals surface area contributed by atoms with Crippen LogP contribution in [0.2, 0.25) is 0 Å². The van der Waals surface area contributed by atoms with Gasteiger partial charge in [-0.2, -0.15) is 0 Å². The summed E-state index contributed by atoms with van der Waals surface area (Å²) in [6.07, 6.45) is 8.04. The van der Waals surface area contributed by atoms with Gasteiger partial charge < -0.3 is 19.1 Å². The van der Waals surface area contributed by atoms with Crippen LogP contribution in [0.15, 0.2) is 84.9 Å². The Kier molecular flexibility index (Phi) is 9.69. The van der Waals surface area contributed by atoms with E-state index in [1.54, 1.807) is 60.1 Å². The fourth-order valence-electron chi connectivity index (χ4n) is 4.36. The first-order valence-electron chi connectivity index (χ1n) is 13.7. The molecule has 5 rings (SSSR count). The number of hydrogen-bond acceptors (Lipinski definition) is 8. The standard InChI is InChI=1S/C35H30N2O5S2/c1-37(2)34-20-16-28(44-34)14-8-24-9-17-30(31(21-24)40-3)35(38)42-26-12-18-29(32(22-26)41-4)33-19-15-27(43-33)13-7-23-5-10-25(36-39)11-6-23/h5-22H,1-4H3/p+1/b13-7+,14-8+. The number of methoxy groups -OCH3 is 2. The number of carbonyl (C=O) groups is 1. The minimum Gasteiger partial charge on any atom is -0.496 e. The van der Waals surface area contributed by atoms with E-state index in [1.807, 2.05) is 86.0 Å². The highest BCUT2D eigenvalue weighted by Gasteiger charge is 2.17. The van der Waals surface area contributed by atoms with Crippen LogP contribution in [0.1, 0.15) is 31.2 Å². The molecule has 7 nitrogen and oxygen atoms in total. The number of esters is 1. The lowest BCUT2D eigenvalue weighted by molar-refractivity contribution is -0.379. The molecule has 5 aromatic rings. The lowest BCUT2D eigenvalue weighted by atomic mass is 10.1. The molecule has 0 unspecified atom stereocenters. The number of ether oxygens (including phenoxy) is 3. The maximum Gasteiger partial charge on any atom is 0.347 e. The van der Waals surface area contributed by atoms with Crippen molar-refractivity contribution in [2.24, 2.45) is 0 Å². The van der Waals surface area contributed by atoms with Crippen LogP contribution in [0.4, 0.5) is 10.7 Å². The zero-order valence-electron chi connectivity index (χ0n) is 24.7. The molecule has 9 heteroatoms. The van der Waals surface area contributed by atoms with E-state index in [0.29, 0.717) is 28.5 Å². The first-order valence-corrected chi connectivity index (χ1v) is 15.3. The Labute approximate surface area is 264 Å². The van der Waals surface area contributed by atoms with Crippen molar-refractivity contribution in [2.75, 3.05) is 33.2 Å². The van der Waals surface area contributed by atoms with Gasteiger partial charge in [0, 0.05) is 62.6 Å². The molecule has 0 aliphatic carbocycles. The summed E-state index contributed by atoms with van der Waals surface area (Å²) in [5.74, 6) is 0.859. The molecule has 0 bridgehead atoms. The van der Waals surface area contributed by atoms with Gasteiger partial charge in [0.15, 0.2) is 0 Å². The van der Waals surface area contributed by atoms with Crippen LogP contribution in [0.3, 0.4) is 0 Å². The maximum atomic E-state index is 13.1. The van der Waals surface area contributed by atoms with Gasteiger partial charge in [-0.25, -0.2) is 4.79 Å². The lowest BCUT2D eigenvalue weighted by Crippen LogP contribution is -2.55. The Balaban J connectivity index is 1.28. The second-order valence-electron chi connectivity index (χ2n) is 9.87. The fraction of sp³-hybridized carbons (Fsp3) is 0.114. The van der Waals surface area contributed by atoms with Crippen LogP contribution in [-0.4, -0.2) is 34.3 Å². The van der Waals surface area contributed by atoms with Crippen LogP contribution in [0.25, 0.3) is 34.7 Å². The quantitative estimate of drug-likeness (QED) is 0.121. The summed E-state index contributed by atoms with van der Waals surface area (Å²) >= 11 is 3.31. The number of benzene rings is 3. The van der Waals surface area contributed by atoms with Gasteiger partial charge >= 0.3 is 5.97 Å². The van der Waals surface area contributed by atoms with Crippen LogP contribution in [0, 0.1) is 4.91 Å². The highest BCUT2D eigenvalue weighted by atomic mass is 32.1. The van der Waals surface area contributed by atoms with Crippen LogP contribution in [-0.2, 0) is 0 Å². The van der Waals surface area contributed by atoms with Crippen LogP contribution >= 0.6 is 22.7 Å². The van der Waals surface area contributed by atoms with E-state index in [2.05, 4.69) is 17.0 Å².